The summed E-state index contributed by atoms with van der Waals surface area (Å²) < 4.78 is 10.9. The number of nitrogens with zero attached hydrogens (tertiary/aromatic N) is 2. The quantitative estimate of drug-likeness (QED) is 0.470. The maximum Gasteiger partial charge on any atom is 0.358 e. The Hall–Kier alpha value is -2.77. The van der Waals surface area contributed by atoms with Gasteiger partial charge in [0.15, 0.2) is 18.1 Å². The van der Waals surface area contributed by atoms with Crippen LogP contribution in [0.3, 0.4) is 0 Å². The summed E-state index contributed by atoms with van der Waals surface area (Å²) in [5, 5.41) is 6.46. The van der Waals surface area contributed by atoms with Gasteiger partial charge >= 0.3 is 5.97 Å². The van der Waals surface area contributed by atoms with Crippen molar-refractivity contribution >= 4 is 28.6 Å². The molecule has 4 rings (SSSR count). The Morgan fingerprint density at radius 3 is 2.80 bits per heavy atom. The Kier molecular flexibility index (Phi) is 4.41. The average molecular weight is 368 g/mol. The number of hydrogen-bond donors (Lipinski definition) is 0. The van der Waals surface area contributed by atoms with Crippen LogP contribution in [0, 0.1) is 0 Å². The number of carbonyl (C=O) groups excluding carboxylic acids is 1. The summed E-state index contributed by atoms with van der Waals surface area (Å²) >= 11 is 3.00. The second-order valence-corrected chi connectivity index (χ2v) is 6.75. The highest BCUT2D eigenvalue weighted by Crippen LogP contribution is 2.26. The van der Waals surface area contributed by atoms with Crippen molar-refractivity contribution in [2.24, 2.45) is 0 Å². The number of oxazole rings is 1. The molecule has 0 saturated carbocycles. The van der Waals surface area contributed by atoms with Crippen molar-refractivity contribution in [2.75, 3.05) is 0 Å². The molecule has 4 aromatic rings. The van der Waals surface area contributed by atoms with Crippen LogP contribution in [0.4, 0.5) is 0 Å². The maximum absolute atomic E-state index is 12.1. The molecule has 0 spiro atoms. The van der Waals surface area contributed by atoms with Crippen LogP contribution in [0.1, 0.15) is 16.4 Å². The third-order valence-electron chi connectivity index (χ3n) is 3.42. The predicted octanol–water partition coefficient (Wildman–Crippen LogP) is 4.88. The molecule has 0 radical (unpaired) electrons. The van der Waals surface area contributed by atoms with E-state index in [4.69, 9.17) is 9.15 Å². The van der Waals surface area contributed by atoms with Crippen molar-refractivity contribution in [3.8, 4) is 21.9 Å². The van der Waals surface area contributed by atoms with Crippen LogP contribution in [-0.2, 0) is 11.3 Å². The van der Waals surface area contributed by atoms with Crippen LogP contribution in [-0.4, -0.2) is 15.9 Å². The van der Waals surface area contributed by atoms with Gasteiger partial charge in [-0.25, -0.2) is 14.8 Å². The minimum absolute atomic E-state index is 0.0308. The number of thiophene rings is 1. The molecule has 0 fully saturated rings. The second-order valence-electron chi connectivity index (χ2n) is 5.11. The molecule has 0 amide bonds. The van der Waals surface area contributed by atoms with Gasteiger partial charge in [-0.2, -0.15) is 11.3 Å². The lowest BCUT2D eigenvalue weighted by molar-refractivity contribution is 0.0433. The summed E-state index contributed by atoms with van der Waals surface area (Å²) in [5.41, 5.74) is 2.22. The third kappa shape index (κ3) is 3.52. The van der Waals surface area contributed by atoms with Crippen LogP contribution in [0.25, 0.3) is 21.9 Å². The summed E-state index contributed by atoms with van der Waals surface area (Å²) in [7, 11) is 0. The molecule has 0 saturated heterocycles. The number of rotatable bonds is 5. The van der Waals surface area contributed by atoms with Gasteiger partial charge in [0.25, 0.3) is 0 Å². The van der Waals surface area contributed by atoms with Crippen LogP contribution in [0.2, 0.25) is 0 Å². The Bertz CT molecular complexity index is 975. The van der Waals surface area contributed by atoms with Crippen LogP contribution in [0.5, 0.6) is 0 Å². The topological polar surface area (TPSA) is 65.2 Å². The average Bonchev–Trinajstić information content (AvgIpc) is 3.41. The zero-order valence-corrected chi connectivity index (χ0v) is 14.5. The standard InChI is InChI=1S/C18H12N2O3S2/c21-18(14-11-25-17(20-14)13-6-7-24-10-13)22-9-16-19-8-15(23-16)12-4-2-1-3-5-12/h1-8,10-11H,9H2. The second kappa shape index (κ2) is 7.00. The first-order chi connectivity index (χ1) is 12.3. The summed E-state index contributed by atoms with van der Waals surface area (Å²) in [5.74, 6) is 0.498. The van der Waals surface area contributed by atoms with Crippen molar-refractivity contribution in [3.05, 3.63) is 70.3 Å². The highest BCUT2D eigenvalue weighted by molar-refractivity contribution is 7.14. The molecular weight excluding hydrogens is 356 g/mol. The van der Waals surface area contributed by atoms with Gasteiger partial charge in [0.05, 0.1) is 6.20 Å². The molecule has 124 valence electrons. The van der Waals surface area contributed by atoms with E-state index >= 15 is 0 Å². The van der Waals surface area contributed by atoms with Gasteiger partial charge in [-0.1, -0.05) is 30.3 Å². The predicted molar refractivity (Wildman–Crippen MR) is 96.5 cm³/mol. The lowest BCUT2D eigenvalue weighted by Gasteiger charge is -1.99. The van der Waals surface area contributed by atoms with Crippen molar-refractivity contribution in [3.63, 3.8) is 0 Å². The zero-order chi connectivity index (χ0) is 17.1. The summed E-state index contributed by atoms with van der Waals surface area (Å²) in [6, 6.07) is 11.6. The fourth-order valence-electron chi connectivity index (χ4n) is 2.20. The zero-order valence-electron chi connectivity index (χ0n) is 12.9. The highest BCUT2D eigenvalue weighted by atomic mass is 32.1. The molecule has 3 heterocycles. The van der Waals surface area contributed by atoms with E-state index in [1.54, 1.807) is 22.9 Å². The van der Waals surface area contributed by atoms with Gasteiger partial charge in [0.1, 0.15) is 5.01 Å². The van der Waals surface area contributed by atoms with Crippen LogP contribution < -0.4 is 0 Å². The van der Waals surface area contributed by atoms with E-state index in [9.17, 15) is 4.79 Å². The molecule has 1 aromatic carbocycles. The van der Waals surface area contributed by atoms with Gasteiger partial charge in [-0.15, -0.1) is 11.3 Å². The molecule has 5 nitrogen and oxygen atoms in total. The Balaban J connectivity index is 1.40. The van der Waals surface area contributed by atoms with E-state index in [0.29, 0.717) is 17.3 Å². The molecular formula is C18H12N2O3S2. The first-order valence-corrected chi connectivity index (χ1v) is 9.27. The number of esters is 1. The number of carbonyl (C=O) groups is 1. The molecule has 0 unspecified atom stereocenters. The molecule has 0 atom stereocenters. The van der Waals surface area contributed by atoms with E-state index in [1.807, 2.05) is 47.2 Å². The van der Waals surface area contributed by atoms with E-state index in [1.165, 1.54) is 11.3 Å². The van der Waals surface area contributed by atoms with Crippen molar-refractivity contribution in [2.45, 2.75) is 6.61 Å². The molecule has 0 aliphatic carbocycles. The lowest BCUT2D eigenvalue weighted by Crippen LogP contribution is -2.05. The van der Waals surface area contributed by atoms with Crippen LogP contribution >= 0.6 is 22.7 Å². The van der Waals surface area contributed by atoms with Gasteiger partial charge in [0.2, 0.25) is 5.89 Å². The Morgan fingerprint density at radius 2 is 2.00 bits per heavy atom. The number of aromatic nitrogens is 2. The van der Waals surface area contributed by atoms with Gasteiger partial charge in [-0.3, -0.25) is 0 Å². The minimum atomic E-state index is -0.489. The smallest absolute Gasteiger partial charge is 0.358 e. The number of hydrogen-bond acceptors (Lipinski definition) is 7. The molecule has 0 aliphatic rings. The first kappa shape index (κ1) is 15.7. The maximum atomic E-state index is 12.1. The van der Waals surface area contributed by atoms with Crippen molar-refractivity contribution in [1.29, 1.82) is 0 Å². The Labute approximate surface area is 151 Å². The van der Waals surface area contributed by atoms with E-state index < -0.39 is 5.97 Å². The van der Waals surface area contributed by atoms with Gasteiger partial charge in [-0.05, 0) is 11.4 Å². The number of ether oxygens (including phenoxy) is 1. The molecule has 0 aliphatic heterocycles. The fraction of sp³-hybridized carbons (Fsp3) is 0.0556. The largest absolute Gasteiger partial charge is 0.451 e. The fourth-order valence-corrected chi connectivity index (χ4v) is 3.70. The van der Waals surface area contributed by atoms with E-state index in [-0.39, 0.29) is 6.61 Å². The number of thiazole rings is 1. The molecule has 0 N–H and O–H groups in total. The molecule has 7 heteroatoms. The van der Waals surface area contributed by atoms with E-state index in [0.717, 1.165) is 16.1 Å². The monoisotopic (exact) mass is 368 g/mol. The van der Waals surface area contributed by atoms with Crippen molar-refractivity contribution in [1.82, 2.24) is 9.97 Å². The molecule has 25 heavy (non-hydrogen) atoms. The number of benzene rings is 1. The summed E-state index contributed by atoms with van der Waals surface area (Å²) in [6.07, 6.45) is 1.62. The first-order valence-electron chi connectivity index (χ1n) is 7.45. The molecule has 0 bridgehead atoms. The normalized spacial score (nSPS) is 10.7. The van der Waals surface area contributed by atoms with Crippen LogP contribution in [0.15, 0.2) is 63.2 Å². The third-order valence-corrected chi connectivity index (χ3v) is 4.99. The van der Waals surface area contributed by atoms with Crippen molar-refractivity contribution < 1.29 is 13.9 Å². The summed E-state index contributed by atoms with van der Waals surface area (Å²) in [6.45, 7) is -0.0308. The molecule has 3 aromatic heterocycles. The highest BCUT2D eigenvalue weighted by Gasteiger charge is 2.15. The SMILES string of the molecule is O=C(OCc1ncc(-c2ccccc2)o1)c1csc(-c2ccsc2)n1. The Morgan fingerprint density at radius 1 is 1.12 bits per heavy atom. The summed E-state index contributed by atoms with van der Waals surface area (Å²) in [4.78, 5) is 20.6. The lowest BCUT2D eigenvalue weighted by atomic mass is 10.2. The van der Waals surface area contributed by atoms with Gasteiger partial charge in [0, 0.05) is 21.9 Å². The minimum Gasteiger partial charge on any atom is -0.451 e. The van der Waals surface area contributed by atoms with E-state index in [2.05, 4.69) is 9.97 Å². The van der Waals surface area contributed by atoms with Gasteiger partial charge < -0.3 is 9.15 Å².